The summed E-state index contributed by atoms with van der Waals surface area (Å²) in [7, 11) is 1.18. The predicted molar refractivity (Wildman–Crippen MR) is 125 cm³/mol. The Kier molecular flexibility index (Phi) is 7.63. The first-order valence-electron chi connectivity index (χ1n) is 11.0. The van der Waals surface area contributed by atoms with Gasteiger partial charge in [-0.25, -0.2) is 14.4 Å². The molecule has 0 unspecified atom stereocenters. The van der Waals surface area contributed by atoms with Crippen molar-refractivity contribution in [3.05, 3.63) is 58.1 Å². The number of amides is 2. The lowest BCUT2D eigenvalue weighted by Crippen LogP contribution is -2.32. The lowest BCUT2D eigenvalue weighted by Gasteiger charge is -2.20. The highest BCUT2D eigenvalue weighted by molar-refractivity contribution is 6.10. The minimum absolute atomic E-state index is 0.0417. The Morgan fingerprint density at radius 1 is 0.914 bits per heavy atom. The number of nitrogens with zero attached hydrogens (tertiary/aromatic N) is 2. The zero-order chi connectivity index (χ0) is 25.8. The molecule has 1 N–H and O–H groups in total. The van der Waals surface area contributed by atoms with Crippen LogP contribution in [0.15, 0.2) is 40.6 Å². The summed E-state index contributed by atoms with van der Waals surface area (Å²) in [5, 5.41) is 10.7. The second-order valence-corrected chi connectivity index (χ2v) is 8.74. The van der Waals surface area contributed by atoms with Gasteiger partial charge >= 0.3 is 18.0 Å². The number of hydrogen-bond acceptors (Lipinski definition) is 9. The van der Waals surface area contributed by atoms with E-state index in [2.05, 4.69) is 15.5 Å². The van der Waals surface area contributed by atoms with E-state index in [1.54, 1.807) is 45.9 Å². The van der Waals surface area contributed by atoms with Crippen LogP contribution in [0.4, 0.5) is 16.2 Å². The average molecular weight is 482 g/mol. The Labute approximate surface area is 202 Å². The molecule has 1 aliphatic heterocycles. The van der Waals surface area contributed by atoms with Crippen LogP contribution in [0.5, 0.6) is 0 Å². The molecule has 2 aromatic carbocycles. The van der Waals surface area contributed by atoms with E-state index in [0.29, 0.717) is 35.3 Å². The van der Waals surface area contributed by atoms with Crippen molar-refractivity contribution >= 4 is 35.3 Å². The van der Waals surface area contributed by atoms with Crippen LogP contribution in [0.3, 0.4) is 0 Å². The van der Waals surface area contributed by atoms with E-state index >= 15 is 0 Å². The van der Waals surface area contributed by atoms with Crippen molar-refractivity contribution < 1.29 is 33.4 Å². The van der Waals surface area contributed by atoms with Crippen molar-refractivity contribution in [1.82, 2.24) is 5.32 Å². The van der Waals surface area contributed by atoms with Gasteiger partial charge in [0.05, 0.1) is 41.8 Å². The average Bonchev–Trinajstić information content (AvgIpc) is 2.78. The van der Waals surface area contributed by atoms with Crippen molar-refractivity contribution in [2.75, 3.05) is 13.7 Å². The molecule has 0 saturated carbocycles. The number of esters is 2. The molecular weight excluding hydrogens is 454 g/mol. The number of methoxy groups -OCH3 is 1. The van der Waals surface area contributed by atoms with E-state index in [-0.39, 0.29) is 17.7 Å². The number of benzene rings is 2. The van der Waals surface area contributed by atoms with E-state index < -0.39 is 29.5 Å². The molecule has 0 radical (unpaired) electrons. The molecule has 1 aliphatic rings. The molecule has 2 amide bonds. The standard InChI is InChI=1S/C25H27N3O7/c1-6-34-24(32)26-21(29)17-11-15-9-7-14-8-10-16(22(30)35-25(2,3)4)12-19(14)27-28-20(15)13-18(17)23(31)33-5/h8,10-13H,6-7,9H2,1-5H3,(H,26,29,32)/b28-27-. The summed E-state index contributed by atoms with van der Waals surface area (Å²) in [5.41, 5.74) is 1.96. The minimum Gasteiger partial charge on any atom is -0.465 e. The van der Waals surface area contributed by atoms with E-state index in [1.165, 1.54) is 19.2 Å². The van der Waals surface area contributed by atoms with Gasteiger partial charge in [0.25, 0.3) is 5.91 Å². The van der Waals surface area contributed by atoms with Gasteiger partial charge in [0.2, 0.25) is 0 Å². The van der Waals surface area contributed by atoms with Crippen molar-refractivity contribution in [2.45, 2.75) is 46.1 Å². The van der Waals surface area contributed by atoms with Gasteiger partial charge < -0.3 is 14.2 Å². The quantitative estimate of drug-likeness (QED) is 0.488. The number of rotatable bonds is 4. The Morgan fingerprint density at radius 3 is 2.20 bits per heavy atom. The van der Waals surface area contributed by atoms with Crippen LogP contribution in [-0.4, -0.2) is 43.3 Å². The SMILES string of the molecule is CCOC(=O)NC(=O)c1cc2c(cc1C(=O)OC)/N=N\c1cc(C(=O)OC(C)(C)C)ccc1CC2. The van der Waals surface area contributed by atoms with Gasteiger partial charge in [-0.05, 0) is 75.9 Å². The zero-order valence-corrected chi connectivity index (χ0v) is 20.3. The molecule has 184 valence electrons. The summed E-state index contributed by atoms with van der Waals surface area (Å²) in [6.07, 6.45) is 0.0789. The monoisotopic (exact) mass is 481 g/mol. The van der Waals surface area contributed by atoms with Crippen molar-refractivity contribution in [3.8, 4) is 0 Å². The van der Waals surface area contributed by atoms with E-state index in [1.807, 2.05) is 0 Å². The zero-order valence-electron chi connectivity index (χ0n) is 20.3. The van der Waals surface area contributed by atoms with Gasteiger partial charge in [-0.1, -0.05) is 6.07 Å². The molecule has 10 nitrogen and oxygen atoms in total. The van der Waals surface area contributed by atoms with Crippen molar-refractivity contribution in [3.63, 3.8) is 0 Å². The number of fused-ring (bicyclic) bond motifs is 2. The first kappa shape index (κ1) is 25.5. The Morgan fingerprint density at radius 2 is 1.57 bits per heavy atom. The third-order valence-corrected chi connectivity index (χ3v) is 5.01. The third kappa shape index (κ3) is 6.28. The molecule has 0 atom stereocenters. The molecule has 0 saturated heterocycles. The summed E-state index contributed by atoms with van der Waals surface area (Å²) < 4.78 is 15.0. The van der Waals surface area contributed by atoms with Crippen LogP contribution in [0, 0.1) is 0 Å². The number of azo groups is 1. The molecule has 2 aromatic rings. The molecule has 3 rings (SSSR count). The number of alkyl carbamates (subject to hydrolysis) is 1. The summed E-state index contributed by atoms with van der Waals surface area (Å²) in [5.74, 6) is -2.04. The lowest BCUT2D eigenvalue weighted by molar-refractivity contribution is 0.00691. The number of aryl methyl sites for hydroxylation is 2. The van der Waals surface area contributed by atoms with Crippen LogP contribution >= 0.6 is 0 Å². The highest BCUT2D eigenvalue weighted by Gasteiger charge is 2.24. The largest absolute Gasteiger partial charge is 0.465 e. The smallest absolute Gasteiger partial charge is 0.414 e. The summed E-state index contributed by atoms with van der Waals surface area (Å²) in [6, 6.07) is 7.96. The maximum atomic E-state index is 12.7. The highest BCUT2D eigenvalue weighted by Crippen LogP contribution is 2.33. The molecule has 10 heteroatoms. The van der Waals surface area contributed by atoms with E-state index in [4.69, 9.17) is 14.2 Å². The van der Waals surface area contributed by atoms with Crippen LogP contribution in [-0.2, 0) is 27.1 Å². The van der Waals surface area contributed by atoms with Gasteiger partial charge in [0.15, 0.2) is 0 Å². The second-order valence-electron chi connectivity index (χ2n) is 8.74. The molecule has 0 aliphatic carbocycles. The van der Waals surface area contributed by atoms with E-state index in [0.717, 1.165) is 5.56 Å². The third-order valence-electron chi connectivity index (χ3n) is 5.01. The fourth-order valence-electron chi connectivity index (χ4n) is 3.43. The molecule has 0 spiro atoms. The Bertz CT molecular complexity index is 1210. The molecule has 35 heavy (non-hydrogen) atoms. The van der Waals surface area contributed by atoms with Crippen LogP contribution in [0.25, 0.3) is 0 Å². The Balaban J connectivity index is 1.99. The van der Waals surface area contributed by atoms with Gasteiger partial charge in [-0.15, -0.1) is 0 Å². The number of carbonyl (C=O) groups excluding carboxylic acids is 4. The maximum Gasteiger partial charge on any atom is 0.414 e. The molecule has 0 fully saturated rings. The topological polar surface area (TPSA) is 133 Å². The fraction of sp³-hybridized carbons (Fsp3) is 0.360. The van der Waals surface area contributed by atoms with Gasteiger partial charge in [0, 0.05) is 0 Å². The number of ether oxygens (including phenoxy) is 3. The Hall–Kier alpha value is -4.08. The summed E-state index contributed by atoms with van der Waals surface area (Å²) in [6.45, 7) is 7.05. The maximum absolute atomic E-state index is 12.7. The number of imide groups is 1. The highest BCUT2D eigenvalue weighted by atomic mass is 16.6. The minimum atomic E-state index is -0.922. The predicted octanol–water partition coefficient (Wildman–Crippen LogP) is 4.83. The van der Waals surface area contributed by atoms with Crippen molar-refractivity contribution in [1.29, 1.82) is 0 Å². The molecule has 0 aromatic heterocycles. The number of hydrogen-bond donors (Lipinski definition) is 1. The van der Waals surface area contributed by atoms with Crippen LogP contribution in [0.1, 0.15) is 69.9 Å². The van der Waals surface area contributed by atoms with Gasteiger partial charge in [-0.2, -0.15) is 10.2 Å². The first-order valence-corrected chi connectivity index (χ1v) is 11.0. The van der Waals surface area contributed by atoms with Crippen LogP contribution in [0.2, 0.25) is 0 Å². The molecule has 1 heterocycles. The van der Waals surface area contributed by atoms with Crippen LogP contribution < -0.4 is 5.32 Å². The lowest BCUT2D eigenvalue weighted by atomic mass is 9.95. The molecule has 0 bridgehead atoms. The summed E-state index contributed by atoms with van der Waals surface area (Å²) in [4.78, 5) is 49.2. The summed E-state index contributed by atoms with van der Waals surface area (Å²) >= 11 is 0. The second kappa shape index (κ2) is 10.5. The van der Waals surface area contributed by atoms with Gasteiger partial charge in [0.1, 0.15) is 5.60 Å². The fourth-order valence-corrected chi connectivity index (χ4v) is 3.43. The van der Waals surface area contributed by atoms with Gasteiger partial charge in [-0.3, -0.25) is 10.1 Å². The van der Waals surface area contributed by atoms with Crippen molar-refractivity contribution in [2.24, 2.45) is 10.2 Å². The normalized spacial score (nSPS) is 13.3. The number of carbonyl (C=O) groups is 4. The first-order chi connectivity index (χ1) is 16.5. The molecular formula is C25H27N3O7. The number of nitrogens with one attached hydrogen (secondary N) is 1. The van der Waals surface area contributed by atoms with E-state index in [9.17, 15) is 19.2 Å².